The van der Waals surface area contributed by atoms with Gasteiger partial charge in [0.1, 0.15) is 0 Å². The SMILES string of the molecule is CN(CCc1nccs1)C(=O)NC(C)(C)C. The third-order valence-corrected chi connectivity index (χ3v) is 2.81. The predicted octanol–water partition coefficient (Wildman–Crippen LogP) is 2.13. The van der Waals surface area contributed by atoms with Gasteiger partial charge in [0.2, 0.25) is 0 Å². The second kappa shape index (κ2) is 5.30. The molecule has 90 valence electrons. The number of thiazole rings is 1. The Kier molecular flexibility index (Phi) is 4.29. The van der Waals surface area contributed by atoms with E-state index in [0.29, 0.717) is 6.54 Å². The van der Waals surface area contributed by atoms with Gasteiger partial charge in [0, 0.05) is 37.1 Å². The smallest absolute Gasteiger partial charge is 0.317 e. The Labute approximate surface area is 101 Å². The van der Waals surface area contributed by atoms with E-state index >= 15 is 0 Å². The van der Waals surface area contributed by atoms with Crippen LogP contribution in [0.3, 0.4) is 0 Å². The van der Waals surface area contributed by atoms with Gasteiger partial charge in [0.05, 0.1) is 5.01 Å². The summed E-state index contributed by atoms with van der Waals surface area (Å²) in [5.41, 5.74) is -0.188. The number of carbonyl (C=O) groups is 1. The number of hydrogen-bond acceptors (Lipinski definition) is 3. The Balaban J connectivity index is 2.35. The highest BCUT2D eigenvalue weighted by atomic mass is 32.1. The number of nitrogens with zero attached hydrogens (tertiary/aromatic N) is 2. The van der Waals surface area contributed by atoms with E-state index in [4.69, 9.17) is 0 Å². The zero-order valence-electron chi connectivity index (χ0n) is 10.3. The Morgan fingerprint density at radius 1 is 1.56 bits per heavy atom. The molecule has 0 aromatic carbocycles. The molecule has 0 radical (unpaired) electrons. The summed E-state index contributed by atoms with van der Waals surface area (Å²) in [7, 11) is 1.80. The fourth-order valence-corrected chi connectivity index (χ4v) is 1.77. The topological polar surface area (TPSA) is 45.2 Å². The van der Waals surface area contributed by atoms with E-state index in [1.807, 2.05) is 26.2 Å². The summed E-state index contributed by atoms with van der Waals surface area (Å²) in [6.45, 7) is 6.61. The van der Waals surface area contributed by atoms with Crippen LogP contribution in [0.15, 0.2) is 11.6 Å². The van der Waals surface area contributed by atoms with Gasteiger partial charge in [-0.3, -0.25) is 0 Å². The van der Waals surface area contributed by atoms with E-state index in [9.17, 15) is 4.79 Å². The van der Waals surface area contributed by atoms with E-state index in [0.717, 1.165) is 11.4 Å². The first-order valence-electron chi connectivity index (χ1n) is 5.30. The van der Waals surface area contributed by atoms with Crippen molar-refractivity contribution in [3.05, 3.63) is 16.6 Å². The largest absolute Gasteiger partial charge is 0.333 e. The first-order valence-corrected chi connectivity index (χ1v) is 6.18. The number of nitrogens with one attached hydrogen (secondary N) is 1. The molecule has 0 aliphatic carbocycles. The highest BCUT2D eigenvalue weighted by Crippen LogP contribution is 2.06. The van der Waals surface area contributed by atoms with E-state index in [1.165, 1.54) is 0 Å². The summed E-state index contributed by atoms with van der Waals surface area (Å²) in [6.07, 6.45) is 2.60. The lowest BCUT2D eigenvalue weighted by Crippen LogP contribution is -2.47. The molecule has 0 bridgehead atoms. The molecule has 1 heterocycles. The number of carbonyl (C=O) groups excluding carboxylic acids is 1. The zero-order chi connectivity index (χ0) is 12.2. The number of rotatable bonds is 3. The van der Waals surface area contributed by atoms with Crippen LogP contribution in [0.4, 0.5) is 4.79 Å². The van der Waals surface area contributed by atoms with Gasteiger partial charge in [-0.05, 0) is 20.8 Å². The summed E-state index contributed by atoms with van der Waals surface area (Å²) in [5.74, 6) is 0. The minimum Gasteiger partial charge on any atom is -0.333 e. The normalized spacial score (nSPS) is 11.2. The molecule has 1 aromatic heterocycles. The lowest BCUT2D eigenvalue weighted by atomic mass is 10.1. The summed E-state index contributed by atoms with van der Waals surface area (Å²) in [4.78, 5) is 17.6. The molecule has 0 aliphatic rings. The molecule has 2 amide bonds. The van der Waals surface area contributed by atoms with Crippen LogP contribution in [0.25, 0.3) is 0 Å². The molecule has 0 atom stereocenters. The molecular weight excluding hydrogens is 222 g/mol. The molecule has 1 aromatic rings. The number of amides is 2. The number of aromatic nitrogens is 1. The molecule has 0 unspecified atom stereocenters. The van der Waals surface area contributed by atoms with Crippen molar-refractivity contribution in [2.24, 2.45) is 0 Å². The maximum absolute atomic E-state index is 11.7. The molecule has 1 N–H and O–H groups in total. The van der Waals surface area contributed by atoms with Crippen molar-refractivity contribution in [1.29, 1.82) is 0 Å². The van der Waals surface area contributed by atoms with Gasteiger partial charge in [-0.15, -0.1) is 11.3 Å². The monoisotopic (exact) mass is 241 g/mol. The number of urea groups is 1. The van der Waals surface area contributed by atoms with Crippen molar-refractivity contribution < 1.29 is 4.79 Å². The summed E-state index contributed by atoms with van der Waals surface area (Å²) in [5, 5.41) is 5.93. The van der Waals surface area contributed by atoms with Crippen molar-refractivity contribution in [2.45, 2.75) is 32.7 Å². The zero-order valence-corrected chi connectivity index (χ0v) is 11.1. The number of likely N-dealkylation sites (N-methyl/N-ethyl adjacent to an activating group) is 1. The van der Waals surface area contributed by atoms with Crippen LogP contribution in [0.5, 0.6) is 0 Å². The Bertz CT molecular complexity index is 329. The lowest BCUT2D eigenvalue weighted by molar-refractivity contribution is 0.200. The van der Waals surface area contributed by atoms with Crippen LogP contribution in [-0.4, -0.2) is 35.0 Å². The molecule has 5 heteroatoms. The lowest BCUT2D eigenvalue weighted by Gasteiger charge is -2.25. The number of hydrogen-bond donors (Lipinski definition) is 1. The highest BCUT2D eigenvalue weighted by molar-refractivity contribution is 7.09. The summed E-state index contributed by atoms with van der Waals surface area (Å²) >= 11 is 1.62. The molecule has 1 rings (SSSR count). The second-order valence-corrected chi connectivity index (χ2v) is 5.76. The van der Waals surface area contributed by atoms with Gasteiger partial charge >= 0.3 is 6.03 Å². The summed E-state index contributed by atoms with van der Waals surface area (Å²) in [6, 6.07) is -0.0379. The van der Waals surface area contributed by atoms with Crippen LogP contribution >= 0.6 is 11.3 Å². The molecule has 0 saturated heterocycles. The average Bonchev–Trinajstić information content (AvgIpc) is 2.63. The van der Waals surface area contributed by atoms with Crippen LogP contribution in [0, 0.1) is 0 Å². The molecule has 0 aliphatic heterocycles. The fourth-order valence-electron chi connectivity index (χ4n) is 1.16. The van der Waals surface area contributed by atoms with E-state index in [1.54, 1.807) is 29.5 Å². The van der Waals surface area contributed by atoms with Gasteiger partial charge < -0.3 is 10.2 Å². The van der Waals surface area contributed by atoms with Crippen LogP contribution in [0.2, 0.25) is 0 Å². The highest BCUT2D eigenvalue weighted by Gasteiger charge is 2.16. The summed E-state index contributed by atoms with van der Waals surface area (Å²) < 4.78 is 0. The third-order valence-electron chi connectivity index (χ3n) is 1.97. The van der Waals surface area contributed by atoms with Crippen molar-refractivity contribution in [3.8, 4) is 0 Å². The van der Waals surface area contributed by atoms with Crippen molar-refractivity contribution in [1.82, 2.24) is 15.2 Å². The Morgan fingerprint density at radius 2 is 2.25 bits per heavy atom. The van der Waals surface area contributed by atoms with Gasteiger partial charge in [0.25, 0.3) is 0 Å². The Hall–Kier alpha value is -1.10. The van der Waals surface area contributed by atoms with Gasteiger partial charge in [0.15, 0.2) is 0 Å². The predicted molar refractivity (Wildman–Crippen MR) is 66.7 cm³/mol. The maximum Gasteiger partial charge on any atom is 0.317 e. The first kappa shape index (κ1) is 13.0. The first-order chi connectivity index (χ1) is 7.38. The van der Waals surface area contributed by atoms with E-state index in [2.05, 4.69) is 10.3 Å². The molecule has 0 saturated carbocycles. The van der Waals surface area contributed by atoms with Gasteiger partial charge in [-0.1, -0.05) is 0 Å². The van der Waals surface area contributed by atoms with Crippen LogP contribution in [-0.2, 0) is 6.42 Å². The average molecular weight is 241 g/mol. The minimum absolute atomic E-state index is 0.0379. The van der Waals surface area contributed by atoms with Crippen LogP contribution in [0.1, 0.15) is 25.8 Å². The van der Waals surface area contributed by atoms with Crippen molar-refractivity contribution >= 4 is 17.4 Å². The minimum atomic E-state index is -0.188. The fraction of sp³-hybridized carbons (Fsp3) is 0.636. The Morgan fingerprint density at radius 3 is 2.75 bits per heavy atom. The second-order valence-electron chi connectivity index (χ2n) is 4.78. The molecule has 16 heavy (non-hydrogen) atoms. The van der Waals surface area contributed by atoms with Gasteiger partial charge in [-0.2, -0.15) is 0 Å². The molecular formula is C11H19N3OS. The maximum atomic E-state index is 11.7. The van der Waals surface area contributed by atoms with Crippen molar-refractivity contribution in [3.63, 3.8) is 0 Å². The molecule has 4 nitrogen and oxygen atoms in total. The van der Waals surface area contributed by atoms with Crippen molar-refractivity contribution in [2.75, 3.05) is 13.6 Å². The standard InChI is InChI=1S/C11H19N3OS/c1-11(2,3)13-10(15)14(4)7-5-9-12-6-8-16-9/h6,8H,5,7H2,1-4H3,(H,13,15). The van der Waals surface area contributed by atoms with Crippen LogP contribution < -0.4 is 5.32 Å². The quantitative estimate of drug-likeness (QED) is 0.881. The van der Waals surface area contributed by atoms with E-state index in [-0.39, 0.29) is 11.6 Å². The van der Waals surface area contributed by atoms with Gasteiger partial charge in [-0.25, -0.2) is 9.78 Å². The third kappa shape index (κ3) is 4.61. The molecule has 0 fully saturated rings. The van der Waals surface area contributed by atoms with E-state index < -0.39 is 0 Å². The molecule has 0 spiro atoms.